The number of halogens is 6. The first-order chi connectivity index (χ1) is 45.2. The predicted molar refractivity (Wildman–Crippen MR) is 377 cm³/mol. The second kappa shape index (κ2) is 36.6. The minimum Gasteiger partial charge on any atom is -1.00 e. The van der Waals surface area contributed by atoms with Crippen LogP contribution in [0.15, 0.2) is 94.1 Å². The molecule has 0 unspecified atom stereocenters. The van der Waals surface area contributed by atoms with Gasteiger partial charge in [0.05, 0.1) is 35.3 Å². The Morgan fingerprint density at radius 1 is 0.619 bits per heavy atom. The van der Waals surface area contributed by atoms with E-state index >= 15 is 0 Å². The monoisotopic (exact) mass is 1500 g/mol. The van der Waals surface area contributed by atoms with E-state index in [1.54, 1.807) is 51.1 Å². The molecule has 3 amide bonds. The number of nitrogens with zero attached hydrogens (tertiary/aromatic N) is 9. The molecule has 3 aromatic carbocycles. The van der Waals surface area contributed by atoms with Crippen LogP contribution in [0.2, 0.25) is 0 Å². The molecule has 3 saturated heterocycles. The van der Waals surface area contributed by atoms with Gasteiger partial charge in [-0.1, -0.05) is 0 Å². The largest absolute Gasteiger partial charge is 1.00 e. The average Bonchev–Trinajstić information content (AvgIpc) is 1.61. The maximum absolute atomic E-state index is 13.3. The molecule has 6 heterocycles. The second-order valence-corrected chi connectivity index (χ2v) is 30.9. The number of H-pyrrole nitrogens is 1. The number of aromatic nitrogens is 6. The van der Waals surface area contributed by atoms with Crippen LogP contribution >= 0.6 is 51.9 Å². The second-order valence-electron chi connectivity index (χ2n) is 27.5. The van der Waals surface area contributed by atoms with Crippen molar-refractivity contribution < 1.29 is 85.4 Å². The zero-order chi connectivity index (χ0) is 70.3. The van der Waals surface area contributed by atoms with Crippen molar-refractivity contribution in [3.63, 3.8) is 0 Å². The number of aromatic amines is 1. The zero-order valence-electron chi connectivity index (χ0n) is 58.4. The van der Waals surface area contributed by atoms with Gasteiger partial charge in [-0.25, -0.2) is 42.5 Å². The number of imidazole rings is 3. The van der Waals surface area contributed by atoms with E-state index in [2.05, 4.69) is 66.0 Å². The van der Waals surface area contributed by atoms with Gasteiger partial charge in [-0.2, -0.15) is 8.42 Å². The Morgan fingerprint density at radius 3 is 1.38 bits per heavy atom. The van der Waals surface area contributed by atoms with E-state index in [-0.39, 0.29) is 84.2 Å². The van der Waals surface area contributed by atoms with Gasteiger partial charge in [0.1, 0.15) is 62.0 Å². The summed E-state index contributed by atoms with van der Waals surface area (Å²) in [5, 5.41) is 0.194. The SMILES string of the molecule is CC(C)(C)OC(=O)N1CCC(OS(C)(=O)=O)CC1.CC(C)(C)OC(=O)N1CCC(n2c(C3CC3)nc(-c3ccc(F)cc3)c2Br)CC1.CC(C)(C)OC(=O)N1CCC(n2cc(-c3ccc(F)cc3)nc2C2CC2)CC1.ClCCl.Fc1ccc(-c2cnc(C3CC3)[nH]2)cc1.[B]=NS.[H-].[Na+]. The third-order valence-corrected chi connectivity index (χ3v) is 17.3. The summed E-state index contributed by atoms with van der Waals surface area (Å²) < 4.78 is 90.7. The average molecular weight is 1500 g/mol. The van der Waals surface area contributed by atoms with Crippen LogP contribution in [0.4, 0.5) is 27.6 Å². The Kier molecular flexibility index (Phi) is 30.6. The van der Waals surface area contributed by atoms with Crippen LogP contribution in [0, 0.1) is 17.5 Å². The van der Waals surface area contributed by atoms with Crippen LogP contribution < -0.4 is 29.6 Å². The van der Waals surface area contributed by atoms with E-state index in [0.717, 1.165) is 101 Å². The summed E-state index contributed by atoms with van der Waals surface area (Å²) in [7, 11) is 0.911. The summed E-state index contributed by atoms with van der Waals surface area (Å²) in [6.07, 6.45) is 15.4. The molecule has 6 aromatic rings. The molecule has 6 fully saturated rings. The molecule has 19 nitrogen and oxygen atoms in total. The third-order valence-electron chi connectivity index (χ3n) is 15.9. The molecule has 0 bridgehead atoms. The molecule has 1 radical (unpaired) electrons. The molecule has 0 atom stereocenters. The van der Waals surface area contributed by atoms with Crippen LogP contribution in [0.3, 0.4) is 0 Å². The van der Waals surface area contributed by atoms with Gasteiger partial charge in [0.2, 0.25) is 0 Å². The number of likely N-dealkylation sites (tertiary alicyclic amines) is 3. The van der Waals surface area contributed by atoms with Crippen LogP contribution in [0.5, 0.6) is 0 Å². The van der Waals surface area contributed by atoms with Crippen molar-refractivity contribution in [2.45, 2.75) is 192 Å². The quantitative estimate of drug-likeness (QED) is 0.0432. The number of amides is 3. The Labute approximate surface area is 618 Å². The first-order valence-corrected chi connectivity index (χ1v) is 36.5. The molecule has 525 valence electrons. The molecule has 3 aliphatic carbocycles. The molecule has 12 rings (SSSR count). The molecule has 97 heavy (non-hydrogen) atoms. The summed E-state index contributed by atoms with van der Waals surface area (Å²) in [4.78, 5) is 59.0. The van der Waals surface area contributed by atoms with E-state index in [4.69, 9.17) is 51.6 Å². The van der Waals surface area contributed by atoms with Gasteiger partial charge in [0.15, 0.2) is 0 Å². The summed E-state index contributed by atoms with van der Waals surface area (Å²) in [6.45, 7) is 20.4. The summed E-state index contributed by atoms with van der Waals surface area (Å²) in [5.74, 6) is 4.25. The first kappa shape index (κ1) is 81.0. The maximum Gasteiger partial charge on any atom is 1.00 e. The van der Waals surface area contributed by atoms with Gasteiger partial charge in [0.25, 0.3) is 10.1 Å². The standard InChI is InChI=1S/C22H27BrFN3O2.C22H28FN3O2.C12H11FN2.C11H21NO5S.CH2Cl2.BHNS.Na.H/c1-22(2,3)29-21(28)26-12-10-17(11-13-26)27-19(23)18(25-20(27)15-4-5-15)14-6-8-16(24)9-7-14;1-22(2,3)28-21(27)25-12-10-18(11-13-25)26-14-19(24-20(26)16-4-5-16)15-6-8-17(23)9-7-15;13-10-5-3-8(4-6-10)11-7-14-12(15-11)9-1-2-9;1-11(2,3)16-10(13)12-7-5-9(6-8-12)17-18(4,14)15;2-1-3;1-2-3;;/h6-9,15,17H,4-5,10-13H2,1-3H3;6-9,14,16,18H,4-5,10-13H2,1-3H3;3-7,9H,1-2H2,(H,14,15);9H,5-8H2,1-4H3;1H2;3H;;/q;;;;;;+1;-1. The zero-order valence-corrected chi connectivity index (χ0v) is 64.2. The number of hydrogen-bond donors (Lipinski definition) is 2. The van der Waals surface area contributed by atoms with E-state index in [9.17, 15) is 36.0 Å². The molecular weight excluding hydrogens is 1410 g/mol. The first-order valence-electron chi connectivity index (χ1n) is 32.4. The van der Waals surface area contributed by atoms with E-state index in [1.807, 2.05) is 68.5 Å². The van der Waals surface area contributed by atoms with Crippen molar-refractivity contribution in [1.82, 2.24) is 43.8 Å². The molecule has 0 spiro atoms. The van der Waals surface area contributed by atoms with E-state index in [0.29, 0.717) is 75.9 Å². The van der Waals surface area contributed by atoms with E-state index in [1.165, 1.54) is 62.1 Å². The fourth-order valence-corrected chi connectivity index (χ4v) is 12.4. The van der Waals surface area contributed by atoms with Gasteiger partial charge >= 0.3 is 72.6 Å². The topological polar surface area (TPSA) is 209 Å². The Balaban J connectivity index is 0.000000234. The van der Waals surface area contributed by atoms with Crippen molar-refractivity contribution in [3.8, 4) is 33.8 Å². The van der Waals surface area contributed by atoms with Crippen LogP contribution in [-0.2, 0) is 28.5 Å². The number of carbonyl (C=O) groups excluding carboxylic acids is 3. The molecule has 3 saturated carbocycles. The minimum absolute atomic E-state index is 0. The summed E-state index contributed by atoms with van der Waals surface area (Å²) >= 11 is 16.5. The maximum atomic E-state index is 13.3. The van der Waals surface area contributed by atoms with Gasteiger partial charge in [-0.05, 0) is 234 Å². The number of ether oxygens (including phenoxy) is 3. The van der Waals surface area contributed by atoms with Crippen molar-refractivity contribution in [3.05, 3.63) is 125 Å². The van der Waals surface area contributed by atoms with Crippen molar-refractivity contribution in [1.29, 1.82) is 0 Å². The van der Waals surface area contributed by atoms with Gasteiger partial charge in [-0.15, -0.1) is 23.2 Å². The number of hydrogen-bond acceptors (Lipinski definition) is 14. The summed E-state index contributed by atoms with van der Waals surface area (Å²) in [6, 6.07) is 20.1. The molecule has 1 N–H and O–H groups in total. The normalized spacial score (nSPS) is 16.9. The molecule has 29 heteroatoms. The number of carbonyl (C=O) groups is 3. The number of alkyl halides is 2. The van der Waals surface area contributed by atoms with Gasteiger partial charge < -0.3 is 44.5 Å². The van der Waals surface area contributed by atoms with E-state index < -0.39 is 26.9 Å². The minimum atomic E-state index is -3.42. The molecular formula is C68H91BBrCl2F3N10NaO9S2. The molecule has 3 aromatic heterocycles. The molecule has 6 aliphatic rings. The fraction of sp³-hybridized carbons (Fsp3) is 0.559. The summed E-state index contributed by atoms with van der Waals surface area (Å²) in [5.41, 5.74) is 4.09. The molecule has 3 aliphatic heterocycles. The smallest absolute Gasteiger partial charge is 1.00 e. The number of benzene rings is 3. The van der Waals surface area contributed by atoms with Gasteiger partial charge in [-0.3, -0.25) is 4.18 Å². The fourth-order valence-electron chi connectivity index (χ4n) is 11.0. The Hall–Kier alpha value is -4.93. The number of rotatable bonds is 10. The third kappa shape index (κ3) is 26.5. The van der Waals surface area contributed by atoms with Gasteiger partial charge in [0, 0.05) is 86.4 Å². The number of piperidine rings is 3. The van der Waals surface area contributed by atoms with Crippen molar-refractivity contribution >= 4 is 88.0 Å². The van der Waals surface area contributed by atoms with Crippen LogP contribution in [0.1, 0.15) is 188 Å². The van der Waals surface area contributed by atoms with Crippen LogP contribution in [0.25, 0.3) is 33.8 Å². The number of thiol groups is 1. The van der Waals surface area contributed by atoms with Crippen LogP contribution in [-0.4, -0.2) is 152 Å². The number of nitrogens with one attached hydrogen (secondary N) is 1. The van der Waals surface area contributed by atoms with Crippen molar-refractivity contribution in [2.75, 3.05) is 50.9 Å². The Bertz CT molecular complexity index is 3630. The van der Waals surface area contributed by atoms with Crippen molar-refractivity contribution in [2.24, 2.45) is 4.30 Å². The predicted octanol–water partition coefficient (Wildman–Crippen LogP) is 14.2. The Morgan fingerprint density at radius 2 is 0.990 bits per heavy atom.